The molecule has 0 saturated heterocycles. The third-order valence-electron chi connectivity index (χ3n) is 2.86. The maximum absolute atomic E-state index is 13.0. The van der Waals surface area contributed by atoms with Crippen molar-refractivity contribution in [3.63, 3.8) is 0 Å². The highest BCUT2D eigenvalue weighted by Gasteiger charge is 2.07. The van der Waals surface area contributed by atoms with Crippen molar-refractivity contribution in [2.45, 2.75) is 6.42 Å². The highest BCUT2D eigenvalue weighted by molar-refractivity contribution is 6.31. The molecule has 0 spiro atoms. The molecule has 0 atom stereocenters. The van der Waals surface area contributed by atoms with Crippen molar-refractivity contribution in [3.8, 4) is 11.5 Å². The highest BCUT2D eigenvalue weighted by atomic mass is 35.5. The largest absolute Gasteiger partial charge is 0.493 e. The standard InChI is InChI=1S/C16H15ClFNO3/c1-21-14-4-2-3-5-15(14)22-9-8-16(20)19-11-6-7-13(18)12(17)10-11/h2-7,10H,8-9H2,1H3,(H,19,20). The van der Waals surface area contributed by atoms with E-state index in [1.54, 1.807) is 19.2 Å². The van der Waals surface area contributed by atoms with Gasteiger partial charge in [0.15, 0.2) is 11.5 Å². The molecule has 2 aromatic carbocycles. The molecule has 4 nitrogen and oxygen atoms in total. The summed E-state index contributed by atoms with van der Waals surface area (Å²) in [6, 6.07) is 11.2. The van der Waals surface area contributed by atoms with E-state index >= 15 is 0 Å². The van der Waals surface area contributed by atoms with Crippen LogP contribution in [0.1, 0.15) is 6.42 Å². The maximum atomic E-state index is 13.0. The molecule has 0 saturated carbocycles. The van der Waals surface area contributed by atoms with Crippen LogP contribution >= 0.6 is 11.6 Å². The molecule has 116 valence electrons. The van der Waals surface area contributed by atoms with Crippen LogP contribution in [0.15, 0.2) is 42.5 Å². The van der Waals surface area contributed by atoms with E-state index in [0.29, 0.717) is 17.2 Å². The zero-order chi connectivity index (χ0) is 15.9. The lowest BCUT2D eigenvalue weighted by Gasteiger charge is -2.10. The molecule has 0 heterocycles. The third-order valence-corrected chi connectivity index (χ3v) is 3.15. The first kappa shape index (κ1) is 16.1. The zero-order valence-corrected chi connectivity index (χ0v) is 12.7. The molecule has 1 amide bonds. The van der Waals surface area contributed by atoms with Gasteiger partial charge in [0.1, 0.15) is 5.82 Å². The van der Waals surface area contributed by atoms with Gasteiger partial charge in [-0.05, 0) is 30.3 Å². The fourth-order valence-electron chi connectivity index (χ4n) is 1.79. The minimum Gasteiger partial charge on any atom is -0.493 e. The summed E-state index contributed by atoms with van der Waals surface area (Å²) in [5, 5.41) is 2.58. The van der Waals surface area contributed by atoms with Gasteiger partial charge in [-0.15, -0.1) is 0 Å². The molecule has 0 aromatic heterocycles. The van der Waals surface area contributed by atoms with Crippen LogP contribution in [-0.4, -0.2) is 19.6 Å². The van der Waals surface area contributed by atoms with E-state index in [0.717, 1.165) is 0 Å². The second kappa shape index (κ2) is 7.66. The van der Waals surface area contributed by atoms with Crippen molar-refractivity contribution in [1.29, 1.82) is 0 Å². The van der Waals surface area contributed by atoms with E-state index in [-0.39, 0.29) is 24.0 Å². The quantitative estimate of drug-likeness (QED) is 0.877. The van der Waals surface area contributed by atoms with Crippen molar-refractivity contribution >= 4 is 23.2 Å². The number of nitrogens with one attached hydrogen (secondary N) is 1. The first-order chi connectivity index (χ1) is 10.6. The Morgan fingerprint density at radius 3 is 2.64 bits per heavy atom. The molecule has 0 aliphatic rings. The minimum absolute atomic E-state index is 0.0388. The second-order valence-electron chi connectivity index (χ2n) is 4.43. The molecule has 0 fully saturated rings. The van der Waals surface area contributed by atoms with E-state index in [9.17, 15) is 9.18 Å². The average Bonchev–Trinajstić information content (AvgIpc) is 2.51. The fourth-order valence-corrected chi connectivity index (χ4v) is 1.97. The van der Waals surface area contributed by atoms with Gasteiger partial charge in [0, 0.05) is 5.69 Å². The number of carbonyl (C=O) groups is 1. The summed E-state index contributed by atoms with van der Waals surface area (Å²) in [4.78, 5) is 11.8. The monoisotopic (exact) mass is 323 g/mol. The van der Waals surface area contributed by atoms with Crippen LogP contribution in [0, 0.1) is 5.82 Å². The number of anilines is 1. The van der Waals surface area contributed by atoms with Gasteiger partial charge >= 0.3 is 0 Å². The summed E-state index contributed by atoms with van der Waals surface area (Å²) in [7, 11) is 1.55. The lowest BCUT2D eigenvalue weighted by molar-refractivity contribution is -0.116. The number of ether oxygens (including phenoxy) is 2. The van der Waals surface area contributed by atoms with Gasteiger partial charge in [0.05, 0.1) is 25.2 Å². The summed E-state index contributed by atoms with van der Waals surface area (Å²) >= 11 is 5.65. The van der Waals surface area contributed by atoms with Gasteiger partial charge in [-0.1, -0.05) is 23.7 Å². The summed E-state index contributed by atoms with van der Waals surface area (Å²) < 4.78 is 23.7. The van der Waals surface area contributed by atoms with Gasteiger partial charge in [-0.2, -0.15) is 0 Å². The highest BCUT2D eigenvalue weighted by Crippen LogP contribution is 2.25. The first-order valence-corrected chi connectivity index (χ1v) is 6.98. The lowest BCUT2D eigenvalue weighted by atomic mass is 10.3. The number of halogens is 2. The van der Waals surface area contributed by atoms with Gasteiger partial charge in [-0.25, -0.2) is 4.39 Å². The van der Waals surface area contributed by atoms with Crippen molar-refractivity contribution in [3.05, 3.63) is 53.3 Å². The number of hydrogen-bond acceptors (Lipinski definition) is 3. The molecule has 6 heteroatoms. The van der Waals surface area contributed by atoms with E-state index < -0.39 is 5.82 Å². The fraction of sp³-hybridized carbons (Fsp3) is 0.188. The Kier molecular flexibility index (Phi) is 5.61. The van der Waals surface area contributed by atoms with Crippen LogP contribution in [0.4, 0.5) is 10.1 Å². The molecule has 0 aliphatic heterocycles. The van der Waals surface area contributed by atoms with E-state index in [2.05, 4.69) is 5.32 Å². The van der Waals surface area contributed by atoms with Crippen LogP contribution in [0.25, 0.3) is 0 Å². The maximum Gasteiger partial charge on any atom is 0.227 e. The molecule has 0 bridgehead atoms. The van der Waals surface area contributed by atoms with Crippen molar-refractivity contribution in [2.75, 3.05) is 19.0 Å². The lowest BCUT2D eigenvalue weighted by Crippen LogP contribution is -2.15. The Balaban J connectivity index is 1.84. The average molecular weight is 324 g/mol. The normalized spacial score (nSPS) is 10.1. The summed E-state index contributed by atoms with van der Waals surface area (Å²) in [6.45, 7) is 0.196. The number of methoxy groups -OCH3 is 1. The molecule has 2 aromatic rings. The molecule has 0 aliphatic carbocycles. The molecular formula is C16H15ClFNO3. The number of benzene rings is 2. The minimum atomic E-state index is -0.529. The number of hydrogen-bond donors (Lipinski definition) is 1. The SMILES string of the molecule is COc1ccccc1OCCC(=O)Nc1ccc(F)c(Cl)c1. The van der Waals surface area contributed by atoms with Crippen molar-refractivity contribution in [2.24, 2.45) is 0 Å². The Hall–Kier alpha value is -2.27. The van der Waals surface area contributed by atoms with Gasteiger partial charge in [0.2, 0.25) is 5.91 Å². The Morgan fingerprint density at radius 1 is 1.23 bits per heavy atom. The summed E-state index contributed by atoms with van der Waals surface area (Å²) in [5.41, 5.74) is 0.439. The predicted octanol–water partition coefficient (Wildman–Crippen LogP) is 3.90. The molecule has 2 rings (SSSR count). The van der Waals surface area contributed by atoms with Crippen LogP contribution in [0.5, 0.6) is 11.5 Å². The molecular weight excluding hydrogens is 309 g/mol. The number of carbonyl (C=O) groups excluding carboxylic acids is 1. The molecule has 0 radical (unpaired) electrons. The van der Waals surface area contributed by atoms with E-state index in [1.165, 1.54) is 18.2 Å². The first-order valence-electron chi connectivity index (χ1n) is 6.61. The zero-order valence-electron chi connectivity index (χ0n) is 11.9. The Bertz CT molecular complexity index is 664. The third kappa shape index (κ3) is 4.36. The van der Waals surface area contributed by atoms with E-state index in [4.69, 9.17) is 21.1 Å². The van der Waals surface area contributed by atoms with Crippen LogP contribution < -0.4 is 14.8 Å². The Labute approximate surface area is 132 Å². The smallest absolute Gasteiger partial charge is 0.227 e. The molecule has 1 N–H and O–H groups in total. The van der Waals surface area contributed by atoms with Crippen LogP contribution in [0.3, 0.4) is 0 Å². The van der Waals surface area contributed by atoms with Crippen molar-refractivity contribution < 1.29 is 18.7 Å². The van der Waals surface area contributed by atoms with Gasteiger partial charge < -0.3 is 14.8 Å². The molecule has 0 unspecified atom stereocenters. The van der Waals surface area contributed by atoms with Crippen LogP contribution in [-0.2, 0) is 4.79 Å². The Morgan fingerprint density at radius 2 is 1.95 bits per heavy atom. The number of amides is 1. The second-order valence-corrected chi connectivity index (χ2v) is 4.83. The van der Waals surface area contributed by atoms with E-state index in [1.807, 2.05) is 12.1 Å². The molecule has 22 heavy (non-hydrogen) atoms. The topological polar surface area (TPSA) is 47.6 Å². The van der Waals surface area contributed by atoms with Crippen LogP contribution in [0.2, 0.25) is 5.02 Å². The van der Waals surface area contributed by atoms with Gasteiger partial charge in [-0.3, -0.25) is 4.79 Å². The van der Waals surface area contributed by atoms with Crippen molar-refractivity contribution in [1.82, 2.24) is 0 Å². The van der Waals surface area contributed by atoms with Gasteiger partial charge in [0.25, 0.3) is 0 Å². The number of para-hydroxylation sites is 2. The summed E-state index contributed by atoms with van der Waals surface area (Å²) in [5.74, 6) is 0.396. The number of rotatable bonds is 6. The summed E-state index contributed by atoms with van der Waals surface area (Å²) in [6.07, 6.45) is 0.146. The predicted molar refractivity (Wildman–Crippen MR) is 83.1 cm³/mol.